The Labute approximate surface area is 98.2 Å². The third-order valence-electron chi connectivity index (χ3n) is 3.46. The first-order chi connectivity index (χ1) is 7.50. The van der Waals surface area contributed by atoms with Crippen molar-refractivity contribution in [2.45, 2.75) is 52.0 Å². The Kier molecular flexibility index (Phi) is 3.06. The average molecular weight is 221 g/mol. The summed E-state index contributed by atoms with van der Waals surface area (Å²) in [6.45, 7) is 11.1. The maximum absolute atomic E-state index is 4.56. The van der Waals surface area contributed by atoms with Gasteiger partial charge in [-0.05, 0) is 65.1 Å². The van der Waals surface area contributed by atoms with Crippen LogP contribution in [0, 0.1) is 6.92 Å². The monoisotopic (exact) mass is 221 g/mol. The summed E-state index contributed by atoms with van der Waals surface area (Å²) in [4.78, 5) is 0. The molecule has 1 saturated heterocycles. The van der Waals surface area contributed by atoms with Gasteiger partial charge in [-0.2, -0.15) is 5.10 Å². The molecule has 2 heterocycles. The number of hydrogen-bond donors (Lipinski definition) is 1. The molecule has 1 aliphatic rings. The summed E-state index contributed by atoms with van der Waals surface area (Å²) >= 11 is 0. The number of nitrogens with one attached hydrogen (secondary N) is 1. The van der Waals surface area contributed by atoms with Gasteiger partial charge < -0.3 is 5.32 Å². The van der Waals surface area contributed by atoms with Gasteiger partial charge in [0.05, 0.1) is 11.7 Å². The van der Waals surface area contributed by atoms with E-state index in [1.807, 2.05) is 0 Å². The smallest absolute Gasteiger partial charge is 0.0546 e. The first kappa shape index (κ1) is 11.6. The second kappa shape index (κ2) is 4.21. The van der Waals surface area contributed by atoms with Crippen molar-refractivity contribution >= 4 is 0 Å². The number of piperidine rings is 1. The second-order valence-corrected chi connectivity index (χ2v) is 5.79. The van der Waals surface area contributed by atoms with Gasteiger partial charge in [0.1, 0.15) is 0 Å². The van der Waals surface area contributed by atoms with E-state index < -0.39 is 0 Å². The molecule has 0 radical (unpaired) electrons. The highest BCUT2D eigenvalue weighted by molar-refractivity contribution is 5.23. The van der Waals surface area contributed by atoms with Crippen LogP contribution in [0.15, 0.2) is 6.20 Å². The molecule has 1 N–H and O–H groups in total. The van der Waals surface area contributed by atoms with E-state index in [4.69, 9.17) is 0 Å². The van der Waals surface area contributed by atoms with E-state index in [2.05, 4.69) is 49.0 Å². The number of hydrogen-bond acceptors (Lipinski definition) is 2. The second-order valence-electron chi connectivity index (χ2n) is 5.79. The highest BCUT2D eigenvalue weighted by atomic mass is 15.3. The van der Waals surface area contributed by atoms with Crippen LogP contribution in [0.4, 0.5) is 0 Å². The van der Waals surface area contributed by atoms with Gasteiger partial charge in [0.25, 0.3) is 0 Å². The molecule has 1 fully saturated rings. The Hall–Kier alpha value is -0.830. The van der Waals surface area contributed by atoms with Gasteiger partial charge >= 0.3 is 0 Å². The molecule has 0 unspecified atom stereocenters. The van der Waals surface area contributed by atoms with Crippen molar-refractivity contribution in [1.82, 2.24) is 15.1 Å². The molecule has 0 spiro atoms. The number of rotatable bonds is 1. The van der Waals surface area contributed by atoms with Crippen molar-refractivity contribution in [3.63, 3.8) is 0 Å². The lowest BCUT2D eigenvalue weighted by atomic mass is 9.90. The molecule has 16 heavy (non-hydrogen) atoms. The van der Waals surface area contributed by atoms with E-state index in [0.717, 1.165) is 13.1 Å². The van der Waals surface area contributed by atoms with E-state index >= 15 is 0 Å². The fourth-order valence-corrected chi connectivity index (χ4v) is 2.63. The number of nitrogens with zero attached hydrogens (tertiary/aromatic N) is 2. The van der Waals surface area contributed by atoms with Crippen LogP contribution in [0.25, 0.3) is 0 Å². The van der Waals surface area contributed by atoms with Gasteiger partial charge in [0.2, 0.25) is 0 Å². The van der Waals surface area contributed by atoms with Gasteiger partial charge in [0.15, 0.2) is 0 Å². The van der Waals surface area contributed by atoms with E-state index in [1.54, 1.807) is 0 Å². The molecule has 2 rings (SSSR count). The molecular weight excluding hydrogens is 198 g/mol. The maximum Gasteiger partial charge on any atom is 0.0546 e. The molecule has 0 aromatic carbocycles. The van der Waals surface area contributed by atoms with Crippen molar-refractivity contribution in [3.8, 4) is 0 Å². The Morgan fingerprint density at radius 2 is 1.94 bits per heavy atom. The van der Waals surface area contributed by atoms with Gasteiger partial charge in [-0.25, -0.2) is 0 Å². The van der Waals surface area contributed by atoms with Crippen LogP contribution >= 0.6 is 0 Å². The minimum Gasteiger partial charge on any atom is -0.317 e. The summed E-state index contributed by atoms with van der Waals surface area (Å²) in [5.41, 5.74) is 2.89. The molecule has 1 aliphatic heterocycles. The predicted octanol–water partition coefficient (Wildman–Crippen LogP) is 2.41. The van der Waals surface area contributed by atoms with Gasteiger partial charge in [-0.15, -0.1) is 0 Å². The Bertz CT molecular complexity index is 354. The molecule has 0 bridgehead atoms. The minimum absolute atomic E-state index is 0.0925. The van der Waals surface area contributed by atoms with Crippen molar-refractivity contribution in [1.29, 1.82) is 0 Å². The Morgan fingerprint density at radius 1 is 1.31 bits per heavy atom. The van der Waals surface area contributed by atoms with Gasteiger partial charge in [0, 0.05) is 5.69 Å². The summed E-state index contributed by atoms with van der Waals surface area (Å²) in [6.07, 6.45) is 4.57. The van der Waals surface area contributed by atoms with Crippen LogP contribution in [0.2, 0.25) is 0 Å². The fraction of sp³-hybridized carbons (Fsp3) is 0.769. The topological polar surface area (TPSA) is 29.9 Å². The van der Waals surface area contributed by atoms with E-state index in [1.165, 1.54) is 24.1 Å². The normalized spacial score (nSPS) is 19.0. The summed E-state index contributed by atoms with van der Waals surface area (Å²) in [5.74, 6) is 0.706. The maximum atomic E-state index is 4.56. The molecule has 1 aromatic heterocycles. The van der Waals surface area contributed by atoms with E-state index in [9.17, 15) is 0 Å². The standard InChI is InChI=1S/C13H23N3/c1-10-12(11-5-7-14-8-6-11)9-15-16(10)13(2,3)4/h9,11,14H,5-8H2,1-4H3. The van der Waals surface area contributed by atoms with Crippen molar-refractivity contribution in [3.05, 3.63) is 17.5 Å². The molecule has 3 heteroatoms. The zero-order chi connectivity index (χ0) is 11.8. The lowest BCUT2D eigenvalue weighted by Gasteiger charge is -2.25. The Morgan fingerprint density at radius 3 is 2.44 bits per heavy atom. The van der Waals surface area contributed by atoms with Crippen LogP contribution < -0.4 is 5.32 Å². The van der Waals surface area contributed by atoms with Crippen LogP contribution in [-0.4, -0.2) is 22.9 Å². The summed E-state index contributed by atoms with van der Waals surface area (Å²) in [5, 5.41) is 7.97. The lowest BCUT2D eigenvalue weighted by Crippen LogP contribution is -2.27. The van der Waals surface area contributed by atoms with E-state index in [0.29, 0.717) is 5.92 Å². The third-order valence-corrected chi connectivity index (χ3v) is 3.46. The molecule has 0 amide bonds. The highest BCUT2D eigenvalue weighted by Crippen LogP contribution is 2.29. The van der Waals surface area contributed by atoms with Crippen LogP contribution in [0.3, 0.4) is 0 Å². The third kappa shape index (κ3) is 2.14. The summed E-state index contributed by atoms with van der Waals surface area (Å²) in [6, 6.07) is 0. The number of aromatic nitrogens is 2. The first-order valence-corrected chi connectivity index (χ1v) is 6.26. The van der Waals surface area contributed by atoms with Crippen LogP contribution in [0.5, 0.6) is 0 Å². The van der Waals surface area contributed by atoms with Crippen molar-refractivity contribution < 1.29 is 0 Å². The molecule has 1 aromatic rings. The molecule has 3 nitrogen and oxygen atoms in total. The largest absolute Gasteiger partial charge is 0.317 e. The SMILES string of the molecule is Cc1c(C2CCNCC2)cnn1C(C)(C)C. The Balaban J connectivity index is 2.25. The quantitative estimate of drug-likeness (QED) is 0.789. The molecular formula is C13H23N3. The first-order valence-electron chi connectivity index (χ1n) is 6.26. The van der Waals surface area contributed by atoms with Crippen LogP contribution in [0.1, 0.15) is 50.8 Å². The average Bonchev–Trinajstić information content (AvgIpc) is 2.61. The zero-order valence-electron chi connectivity index (χ0n) is 10.9. The van der Waals surface area contributed by atoms with Crippen molar-refractivity contribution in [2.24, 2.45) is 0 Å². The van der Waals surface area contributed by atoms with E-state index in [-0.39, 0.29) is 5.54 Å². The van der Waals surface area contributed by atoms with Gasteiger partial charge in [-0.1, -0.05) is 0 Å². The highest BCUT2D eigenvalue weighted by Gasteiger charge is 2.23. The molecule has 90 valence electrons. The predicted molar refractivity (Wildman–Crippen MR) is 66.8 cm³/mol. The van der Waals surface area contributed by atoms with Gasteiger partial charge in [-0.3, -0.25) is 4.68 Å². The summed E-state index contributed by atoms with van der Waals surface area (Å²) in [7, 11) is 0. The zero-order valence-corrected chi connectivity index (χ0v) is 10.9. The lowest BCUT2D eigenvalue weighted by molar-refractivity contribution is 0.346. The fourth-order valence-electron chi connectivity index (χ4n) is 2.63. The summed E-state index contributed by atoms with van der Waals surface area (Å²) < 4.78 is 2.16. The minimum atomic E-state index is 0.0925. The molecule has 0 atom stereocenters. The molecule has 0 saturated carbocycles. The molecule has 0 aliphatic carbocycles. The van der Waals surface area contributed by atoms with Crippen LogP contribution in [-0.2, 0) is 5.54 Å². The van der Waals surface area contributed by atoms with Crippen molar-refractivity contribution in [2.75, 3.05) is 13.1 Å².